The fourth-order valence-corrected chi connectivity index (χ4v) is 2.01. The summed E-state index contributed by atoms with van der Waals surface area (Å²) in [5, 5.41) is 9.57. The molecular weight excluding hydrogens is 271 g/mol. The van der Waals surface area contributed by atoms with Crippen molar-refractivity contribution in [1.82, 2.24) is 0 Å². The molecule has 0 aliphatic carbocycles. The third-order valence-corrected chi connectivity index (χ3v) is 3.36. The second-order valence-corrected chi connectivity index (χ2v) is 4.95. The molecule has 0 radical (unpaired) electrons. The molecule has 1 atom stereocenters. The molecule has 0 aliphatic heterocycles. The van der Waals surface area contributed by atoms with E-state index >= 15 is 0 Å². The lowest BCUT2D eigenvalue weighted by atomic mass is 10.1. The lowest BCUT2D eigenvalue weighted by molar-refractivity contribution is 0.198. The molecule has 21 heavy (non-hydrogen) atoms. The first-order chi connectivity index (χ1) is 10.0. The Bertz CT molecular complexity index is 623. The SMILES string of the molecule is COc1cc([C@@H](C)O)ccc1OCc1cc(F)ccc1C. The Balaban J connectivity index is 2.18. The average Bonchev–Trinajstić information content (AvgIpc) is 2.47. The van der Waals surface area contributed by atoms with E-state index in [1.165, 1.54) is 12.1 Å². The fraction of sp³-hybridized carbons (Fsp3) is 0.294. The van der Waals surface area contributed by atoms with Crippen molar-refractivity contribution in [3.8, 4) is 11.5 Å². The van der Waals surface area contributed by atoms with E-state index in [1.807, 2.05) is 6.92 Å². The van der Waals surface area contributed by atoms with Crippen LogP contribution in [-0.2, 0) is 6.61 Å². The highest BCUT2D eigenvalue weighted by atomic mass is 19.1. The molecule has 0 aliphatic rings. The van der Waals surface area contributed by atoms with Crippen molar-refractivity contribution >= 4 is 0 Å². The van der Waals surface area contributed by atoms with Gasteiger partial charge in [0.25, 0.3) is 0 Å². The summed E-state index contributed by atoms with van der Waals surface area (Å²) in [6, 6.07) is 9.87. The van der Waals surface area contributed by atoms with Crippen LogP contribution < -0.4 is 9.47 Å². The van der Waals surface area contributed by atoms with E-state index in [0.29, 0.717) is 11.5 Å². The van der Waals surface area contributed by atoms with Gasteiger partial charge in [0, 0.05) is 0 Å². The minimum Gasteiger partial charge on any atom is -0.493 e. The van der Waals surface area contributed by atoms with Gasteiger partial charge in [-0.15, -0.1) is 0 Å². The monoisotopic (exact) mass is 290 g/mol. The normalized spacial score (nSPS) is 12.0. The van der Waals surface area contributed by atoms with E-state index in [-0.39, 0.29) is 12.4 Å². The smallest absolute Gasteiger partial charge is 0.161 e. The third-order valence-electron chi connectivity index (χ3n) is 3.36. The van der Waals surface area contributed by atoms with Gasteiger partial charge in [0.05, 0.1) is 13.2 Å². The summed E-state index contributed by atoms with van der Waals surface area (Å²) >= 11 is 0. The molecule has 0 unspecified atom stereocenters. The first-order valence-corrected chi connectivity index (χ1v) is 6.75. The lowest BCUT2D eigenvalue weighted by Crippen LogP contribution is -2.01. The van der Waals surface area contributed by atoms with Crippen molar-refractivity contribution < 1.29 is 19.0 Å². The van der Waals surface area contributed by atoms with Crippen LogP contribution in [0.5, 0.6) is 11.5 Å². The highest BCUT2D eigenvalue weighted by Gasteiger charge is 2.10. The molecule has 0 saturated heterocycles. The minimum atomic E-state index is -0.571. The molecule has 0 saturated carbocycles. The molecule has 0 aromatic heterocycles. The molecule has 0 fully saturated rings. The molecule has 2 aromatic carbocycles. The molecule has 3 nitrogen and oxygen atoms in total. The predicted octanol–water partition coefficient (Wildman–Crippen LogP) is 3.78. The van der Waals surface area contributed by atoms with Crippen LogP contribution in [0.1, 0.15) is 29.7 Å². The maximum Gasteiger partial charge on any atom is 0.161 e. The van der Waals surface area contributed by atoms with Gasteiger partial charge in [-0.05, 0) is 54.8 Å². The van der Waals surface area contributed by atoms with Crippen molar-refractivity contribution in [3.63, 3.8) is 0 Å². The van der Waals surface area contributed by atoms with Crippen LogP contribution in [0.15, 0.2) is 36.4 Å². The number of halogens is 1. The minimum absolute atomic E-state index is 0.258. The van der Waals surface area contributed by atoms with Gasteiger partial charge in [-0.1, -0.05) is 12.1 Å². The number of hydrogen-bond donors (Lipinski definition) is 1. The van der Waals surface area contributed by atoms with Gasteiger partial charge < -0.3 is 14.6 Å². The van der Waals surface area contributed by atoms with Crippen molar-refractivity contribution in [1.29, 1.82) is 0 Å². The Kier molecular flexibility index (Phi) is 4.81. The van der Waals surface area contributed by atoms with Gasteiger partial charge in [0.1, 0.15) is 12.4 Å². The zero-order valence-electron chi connectivity index (χ0n) is 12.4. The summed E-state index contributed by atoms with van der Waals surface area (Å²) < 4.78 is 24.2. The van der Waals surface area contributed by atoms with Crippen LogP contribution in [0, 0.1) is 12.7 Å². The quantitative estimate of drug-likeness (QED) is 0.911. The maximum atomic E-state index is 13.3. The number of methoxy groups -OCH3 is 1. The van der Waals surface area contributed by atoms with Gasteiger partial charge in [-0.3, -0.25) is 0 Å². The number of aryl methyl sites for hydroxylation is 1. The molecule has 1 N–H and O–H groups in total. The van der Waals surface area contributed by atoms with E-state index in [9.17, 15) is 9.50 Å². The van der Waals surface area contributed by atoms with E-state index in [4.69, 9.17) is 9.47 Å². The maximum absolute atomic E-state index is 13.3. The Morgan fingerprint density at radius 1 is 1.14 bits per heavy atom. The van der Waals surface area contributed by atoms with Crippen LogP contribution in [0.3, 0.4) is 0 Å². The van der Waals surface area contributed by atoms with Crippen LogP contribution in [0.2, 0.25) is 0 Å². The second-order valence-electron chi connectivity index (χ2n) is 4.95. The number of rotatable bonds is 5. The molecule has 2 aromatic rings. The topological polar surface area (TPSA) is 38.7 Å². The Hall–Kier alpha value is -2.07. The molecule has 112 valence electrons. The van der Waals surface area contributed by atoms with E-state index in [1.54, 1.807) is 38.3 Å². The van der Waals surface area contributed by atoms with Crippen LogP contribution >= 0.6 is 0 Å². The summed E-state index contributed by atoms with van der Waals surface area (Å²) in [5.41, 5.74) is 2.51. The van der Waals surface area contributed by atoms with Gasteiger partial charge in [-0.25, -0.2) is 4.39 Å². The van der Waals surface area contributed by atoms with Crippen LogP contribution in [0.25, 0.3) is 0 Å². The first kappa shape index (κ1) is 15.3. The number of ether oxygens (including phenoxy) is 2. The molecule has 0 bridgehead atoms. The van der Waals surface area contributed by atoms with E-state index in [0.717, 1.165) is 16.7 Å². The van der Waals surface area contributed by atoms with Gasteiger partial charge in [0.2, 0.25) is 0 Å². The molecule has 0 amide bonds. The number of aliphatic hydroxyl groups is 1. The predicted molar refractivity (Wildman–Crippen MR) is 79.1 cm³/mol. The summed E-state index contributed by atoms with van der Waals surface area (Å²) in [6.45, 7) is 3.85. The van der Waals surface area contributed by atoms with Crippen molar-refractivity contribution in [3.05, 3.63) is 58.9 Å². The second kappa shape index (κ2) is 6.59. The first-order valence-electron chi connectivity index (χ1n) is 6.75. The van der Waals surface area contributed by atoms with E-state index in [2.05, 4.69) is 0 Å². The standard InChI is InChI=1S/C17H19FO3/c1-11-4-6-15(18)8-14(11)10-21-16-7-5-13(12(2)19)9-17(16)20-3/h4-9,12,19H,10H2,1-3H3/t12-/m1/s1. The Morgan fingerprint density at radius 3 is 2.57 bits per heavy atom. The molecule has 2 rings (SSSR count). The summed E-state index contributed by atoms with van der Waals surface area (Å²) in [7, 11) is 1.54. The van der Waals surface area contributed by atoms with Gasteiger partial charge >= 0.3 is 0 Å². The zero-order chi connectivity index (χ0) is 15.4. The number of hydrogen-bond acceptors (Lipinski definition) is 3. The Labute approximate surface area is 124 Å². The number of benzene rings is 2. The zero-order valence-corrected chi connectivity index (χ0v) is 12.4. The molecule has 0 heterocycles. The molecular formula is C17H19FO3. The summed E-state index contributed by atoms with van der Waals surface area (Å²) in [6.07, 6.45) is -0.571. The van der Waals surface area contributed by atoms with E-state index < -0.39 is 6.10 Å². The van der Waals surface area contributed by atoms with Gasteiger partial charge in [0.15, 0.2) is 11.5 Å². The summed E-state index contributed by atoms with van der Waals surface area (Å²) in [5.74, 6) is 0.823. The summed E-state index contributed by atoms with van der Waals surface area (Å²) in [4.78, 5) is 0. The highest BCUT2D eigenvalue weighted by molar-refractivity contribution is 5.43. The number of aliphatic hydroxyl groups excluding tert-OH is 1. The van der Waals surface area contributed by atoms with Gasteiger partial charge in [-0.2, -0.15) is 0 Å². The molecule has 0 spiro atoms. The van der Waals surface area contributed by atoms with Crippen molar-refractivity contribution in [2.24, 2.45) is 0 Å². The van der Waals surface area contributed by atoms with Crippen LogP contribution in [-0.4, -0.2) is 12.2 Å². The fourth-order valence-electron chi connectivity index (χ4n) is 2.01. The van der Waals surface area contributed by atoms with Crippen molar-refractivity contribution in [2.75, 3.05) is 7.11 Å². The van der Waals surface area contributed by atoms with Crippen LogP contribution in [0.4, 0.5) is 4.39 Å². The molecule has 4 heteroatoms. The average molecular weight is 290 g/mol. The third kappa shape index (κ3) is 3.73. The van der Waals surface area contributed by atoms with Crippen molar-refractivity contribution in [2.45, 2.75) is 26.6 Å². The Morgan fingerprint density at radius 2 is 1.90 bits per heavy atom. The largest absolute Gasteiger partial charge is 0.493 e. The lowest BCUT2D eigenvalue weighted by Gasteiger charge is -2.14. The highest BCUT2D eigenvalue weighted by Crippen LogP contribution is 2.31.